The van der Waals surface area contributed by atoms with Crippen LogP contribution in [0.2, 0.25) is 5.15 Å². The number of unbranched alkanes of at least 4 members (excludes halogenated alkanes) is 1. The van der Waals surface area contributed by atoms with Crippen LogP contribution in [-0.4, -0.2) is 28.6 Å². The molecular weight excluding hydrogens is 348 g/mol. The van der Waals surface area contributed by atoms with Gasteiger partial charge in [0.05, 0.1) is 11.5 Å². The van der Waals surface area contributed by atoms with E-state index in [0.717, 1.165) is 19.3 Å². The van der Waals surface area contributed by atoms with Crippen molar-refractivity contribution in [2.75, 3.05) is 11.9 Å². The quantitative estimate of drug-likeness (QED) is 0.276. The topological polar surface area (TPSA) is 120 Å². The van der Waals surface area contributed by atoms with Crippen molar-refractivity contribution in [3.05, 3.63) is 26.5 Å². The summed E-state index contributed by atoms with van der Waals surface area (Å²) in [4.78, 5) is 25.6. The van der Waals surface area contributed by atoms with Crippen LogP contribution in [0.15, 0.2) is 0 Å². The lowest BCUT2D eigenvalue weighted by Crippen LogP contribution is -2.23. The fraction of sp³-hybridized carbons (Fsp3) is 0.625. The number of pyridine rings is 1. The van der Waals surface area contributed by atoms with Crippen molar-refractivity contribution in [2.45, 2.75) is 58.9 Å². The molecule has 0 aliphatic carbocycles. The molecule has 0 aliphatic rings. The summed E-state index contributed by atoms with van der Waals surface area (Å²) < 4.78 is 4.74. The molecule has 1 heterocycles. The van der Waals surface area contributed by atoms with Crippen molar-refractivity contribution in [1.82, 2.24) is 4.98 Å². The monoisotopic (exact) mass is 372 g/mol. The van der Waals surface area contributed by atoms with Crippen LogP contribution < -0.4 is 11.1 Å². The Morgan fingerprint density at radius 1 is 1.40 bits per heavy atom. The van der Waals surface area contributed by atoms with Crippen molar-refractivity contribution in [1.29, 1.82) is 0 Å². The number of nitro groups is 1. The van der Waals surface area contributed by atoms with Crippen LogP contribution in [0, 0.1) is 24.0 Å². The lowest BCUT2D eigenvalue weighted by molar-refractivity contribution is -0.384. The molecule has 0 radical (unpaired) electrons. The number of nitrogens with two attached hydrogens (primary N) is 1. The van der Waals surface area contributed by atoms with E-state index in [1.165, 1.54) is 0 Å². The lowest BCUT2D eigenvalue weighted by Gasteiger charge is -2.21. The van der Waals surface area contributed by atoms with Crippen molar-refractivity contribution in [3.63, 3.8) is 0 Å². The van der Waals surface area contributed by atoms with Crippen LogP contribution in [0.3, 0.4) is 0 Å². The van der Waals surface area contributed by atoms with Crippen LogP contribution in [-0.2, 0) is 4.74 Å². The second-order valence-corrected chi connectivity index (χ2v) is 6.24. The minimum atomic E-state index is -0.805. The van der Waals surface area contributed by atoms with Crippen LogP contribution in [0.25, 0.3) is 0 Å². The Balaban J connectivity index is 2.98. The van der Waals surface area contributed by atoms with E-state index in [9.17, 15) is 14.9 Å². The lowest BCUT2D eigenvalue weighted by atomic mass is 10.0. The summed E-state index contributed by atoms with van der Waals surface area (Å²) in [7, 11) is 0. The van der Waals surface area contributed by atoms with E-state index in [0.29, 0.717) is 29.8 Å². The highest BCUT2D eigenvalue weighted by atomic mass is 35.5. The summed E-state index contributed by atoms with van der Waals surface area (Å²) in [5, 5.41) is 14.5. The molecule has 0 spiro atoms. The smallest absolute Gasteiger partial charge is 0.404 e. The summed E-state index contributed by atoms with van der Waals surface area (Å²) in [5.74, 6) is 0. The number of primary amides is 1. The molecule has 0 bridgehead atoms. The maximum absolute atomic E-state index is 11.4. The Bertz CT molecular complexity index is 625. The number of carbonyl (C=O) groups excluding carboxylic acids is 1. The van der Waals surface area contributed by atoms with Gasteiger partial charge in [-0.15, -0.1) is 0 Å². The average molecular weight is 373 g/mol. The van der Waals surface area contributed by atoms with E-state index in [1.54, 1.807) is 13.8 Å². The highest BCUT2D eigenvalue weighted by molar-refractivity contribution is 6.32. The largest absolute Gasteiger partial charge is 0.450 e. The van der Waals surface area contributed by atoms with Crippen molar-refractivity contribution in [3.8, 4) is 0 Å². The minimum Gasteiger partial charge on any atom is -0.450 e. The SMILES string of the molecule is CCCCC(CCCOC(N)=O)Nc1c(C)c(C)nc(Cl)c1[N+](=O)[O-]. The number of nitrogens with zero attached hydrogens (tertiary/aromatic N) is 2. The average Bonchev–Trinajstić information content (AvgIpc) is 2.52. The Hall–Kier alpha value is -2.09. The van der Waals surface area contributed by atoms with E-state index < -0.39 is 11.0 Å². The van der Waals surface area contributed by atoms with Gasteiger partial charge in [0, 0.05) is 17.3 Å². The van der Waals surface area contributed by atoms with Crippen molar-refractivity contribution < 1.29 is 14.5 Å². The van der Waals surface area contributed by atoms with Gasteiger partial charge in [-0.2, -0.15) is 0 Å². The molecule has 0 saturated carbocycles. The second-order valence-electron chi connectivity index (χ2n) is 5.89. The predicted molar refractivity (Wildman–Crippen MR) is 97.1 cm³/mol. The Morgan fingerprint density at radius 2 is 2.04 bits per heavy atom. The molecule has 9 heteroatoms. The molecule has 0 saturated heterocycles. The highest BCUT2D eigenvalue weighted by Gasteiger charge is 2.25. The molecule has 1 unspecified atom stereocenters. The summed E-state index contributed by atoms with van der Waals surface area (Å²) in [6, 6.07) is -0.00769. The predicted octanol–water partition coefficient (Wildman–Crippen LogP) is 4.11. The van der Waals surface area contributed by atoms with E-state index in [-0.39, 0.29) is 23.5 Å². The summed E-state index contributed by atoms with van der Waals surface area (Å²) >= 11 is 5.99. The number of rotatable bonds is 10. The molecule has 1 aromatic heterocycles. The fourth-order valence-corrected chi connectivity index (χ4v) is 2.83. The van der Waals surface area contributed by atoms with Crippen LogP contribution in [0.5, 0.6) is 0 Å². The van der Waals surface area contributed by atoms with Gasteiger partial charge >= 0.3 is 11.8 Å². The zero-order valence-corrected chi connectivity index (χ0v) is 15.6. The first-order chi connectivity index (χ1) is 11.8. The number of aromatic nitrogens is 1. The standard InChI is InChI=1S/C16H25ClN4O4/c1-4-5-7-12(8-6-9-25-16(18)22)20-13-10(2)11(3)19-15(17)14(13)21(23)24/h12H,4-9H2,1-3H3,(H2,18,22)(H,19,20). The van der Waals surface area contributed by atoms with Gasteiger partial charge in [0.2, 0.25) is 5.15 Å². The fourth-order valence-electron chi connectivity index (χ4n) is 2.53. The van der Waals surface area contributed by atoms with Gasteiger partial charge in [0.25, 0.3) is 0 Å². The van der Waals surface area contributed by atoms with Gasteiger partial charge < -0.3 is 15.8 Å². The van der Waals surface area contributed by atoms with E-state index >= 15 is 0 Å². The molecule has 0 aliphatic heterocycles. The zero-order chi connectivity index (χ0) is 19.0. The number of amides is 1. The van der Waals surface area contributed by atoms with Gasteiger partial charge in [0.1, 0.15) is 5.69 Å². The molecule has 0 fully saturated rings. The Morgan fingerprint density at radius 3 is 2.60 bits per heavy atom. The van der Waals surface area contributed by atoms with E-state index in [2.05, 4.69) is 17.2 Å². The van der Waals surface area contributed by atoms with Crippen molar-refractivity contribution >= 4 is 29.1 Å². The second kappa shape index (κ2) is 10.0. The zero-order valence-electron chi connectivity index (χ0n) is 14.8. The molecule has 0 aromatic carbocycles. The highest BCUT2D eigenvalue weighted by Crippen LogP contribution is 2.36. The summed E-state index contributed by atoms with van der Waals surface area (Å²) in [6.45, 7) is 5.84. The Kier molecular flexibility index (Phi) is 8.40. The first-order valence-corrected chi connectivity index (χ1v) is 8.65. The molecule has 25 heavy (non-hydrogen) atoms. The number of carbonyl (C=O) groups is 1. The molecule has 1 atom stereocenters. The molecule has 3 N–H and O–H groups in total. The number of aryl methyl sites for hydroxylation is 1. The van der Waals surface area contributed by atoms with Crippen molar-refractivity contribution in [2.24, 2.45) is 5.73 Å². The first-order valence-electron chi connectivity index (χ1n) is 8.27. The molecule has 1 amide bonds. The molecule has 140 valence electrons. The number of halogens is 1. The number of anilines is 1. The molecule has 8 nitrogen and oxygen atoms in total. The van der Waals surface area contributed by atoms with Gasteiger partial charge in [-0.25, -0.2) is 9.78 Å². The third-order valence-corrected chi connectivity index (χ3v) is 4.26. The Labute approximate surface area is 152 Å². The number of ether oxygens (including phenoxy) is 1. The van der Waals surface area contributed by atoms with Gasteiger partial charge in [-0.1, -0.05) is 31.4 Å². The normalized spacial score (nSPS) is 11.8. The molecular formula is C16H25ClN4O4. The van der Waals surface area contributed by atoms with Gasteiger partial charge in [-0.3, -0.25) is 10.1 Å². The number of nitrogens with one attached hydrogen (secondary N) is 1. The minimum absolute atomic E-state index is 0.00769. The third-order valence-electron chi connectivity index (χ3n) is 3.99. The summed E-state index contributed by atoms with van der Waals surface area (Å²) in [5.41, 5.74) is 6.48. The number of hydrogen-bond donors (Lipinski definition) is 2. The third kappa shape index (κ3) is 6.38. The molecule has 1 rings (SSSR count). The van der Waals surface area contributed by atoms with Gasteiger partial charge in [-0.05, 0) is 33.1 Å². The molecule has 1 aromatic rings. The maximum atomic E-state index is 11.4. The van der Waals surface area contributed by atoms with Crippen LogP contribution in [0.1, 0.15) is 50.3 Å². The van der Waals surface area contributed by atoms with E-state index in [1.807, 2.05) is 0 Å². The van der Waals surface area contributed by atoms with Gasteiger partial charge in [0.15, 0.2) is 0 Å². The number of hydrogen-bond acceptors (Lipinski definition) is 6. The van der Waals surface area contributed by atoms with Crippen LogP contribution in [0.4, 0.5) is 16.2 Å². The first kappa shape index (κ1) is 21.0. The maximum Gasteiger partial charge on any atom is 0.404 e. The van der Waals surface area contributed by atoms with E-state index in [4.69, 9.17) is 22.1 Å². The van der Waals surface area contributed by atoms with Crippen LogP contribution >= 0.6 is 11.6 Å². The summed E-state index contributed by atoms with van der Waals surface area (Å²) in [6.07, 6.45) is 3.30.